The van der Waals surface area contributed by atoms with E-state index in [4.69, 9.17) is 33.7 Å². The van der Waals surface area contributed by atoms with Gasteiger partial charge in [0.1, 0.15) is 0 Å². The Morgan fingerprint density at radius 1 is 1.32 bits per heavy atom. The number of nitrogens with one attached hydrogen (secondary N) is 1. The molecule has 1 amide bonds. The van der Waals surface area contributed by atoms with Crippen LogP contribution in [0.15, 0.2) is 30.5 Å². The van der Waals surface area contributed by atoms with Crippen molar-refractivity contribution in [1.29, 1.82) is 0 Å². The number of hydrogen-bond donors (Lipinski definition) is 2. The minimum atomic E-state index is -0.980. The standard InChI is InChI=1S/C14H10Cl2N4O5/c15-7-3-10(16)13(18-5-7)19-12(21)6-25-14(22)9-4-8(20(23)24)1-2-11(9)17/h1-5H,6,17H2,(H,18,19,21). The predicted molar refractivity (Wildman–Crippen MR) is 90.7 cm³/mol. The van der Waals surface area contributed by atoms with Crippen LogP contribution < -0.4 is 11.1 Å². The van der Waals surface area contributed by atoms with Crippen LogP contribution in [-0.2, 0) is 9.53 Å². The molecule has 0 fully saturated rings. The minimum Gasteiger partial charge on any atom is -0.452 e. The first-order valence-electron chi connectivity index (χ1n) is 6.60. The van der Waals surface area contributed by atoms with Crippen molar-refractivity contribution in [2.75, 3.05) is 17.7 Å². The molecule has 0 saturated carbocycles. The van der Waals surface area contributed by atoms with Crippen molar-refractivity contribution in [3.05, 3.63) is 56.2 Å². The van der Waals surface area contributed by atoms with E-state index in [1.807, 2.05) is 0 Å². The number of anilines is 2. The second-order valence-electron chi connectivity index (χ2n) is 4.64. The highest BCUT2D eigenvalue weighted by Gasteiger charge is 2.18. The molecule has 0 aliphatic rings. The lowest BCUT2D eigenvalue weighted by atomic mass is 10.1. The molecule has 2 aromatic rings. The summed E-state index contributed by atoms with van der Waals surface area (Å²) in [5.74, 6) is -1.65. The zero-order valence-electron chi connectivity index (χ0n) is 12.4. The van der Waals surface area contributed by atoms with Crippen LogP contribution in [0.25, 0.3) is 0 Å². The SMILES string of the molecule is Nc1ccc([N+](=O)[O-])cc1C(=O)OCC(=O)Nc1ncc(Cl)cc1Cl. The molecule has 0 saturated heterocycles. The maximum atomic E-state index is 11.9. The van der Waals surface area contributed by atoms with E-state index in [-0.39, 0.29) is 32.8 Å². The third kappa shape index (κ3) is 4.78. The van der Waals surface area contributed by atoms with Gasteiger partial charge in [0.05, 0.1) is 20.5 Å². The van der Waals surface area contributed by atoms with E-state index in [0.717, 1.165) is 12.1 Å². The van der Waals surface area contributed by atoms with Crippen LogP contribution in [0.5, 0.6) is 0 Å². The molecule has 0 atom stereocenters. The van der Waals surface area contributed by atoms with Crippen LogP contribution in [-0.4, -0.2) is 28.4 Å². The van der Waals surface area contributed by atoms with Crippen LogP contribution in [0.4, 0.5) is 17.2 Å². The normalized spacial score (nSPS) is 10.2. The molecule has 25 heavy (non-hydrogen) atoms. The first kappa shape index (κ1) is 18.4. The number of ether oxygens (including phenoxy) is 1. The number of benzene rings is 1. The topological polar surface area (TPSA) is 137 Å². The number of hydrogen-bond acceptors (Lipinski definition) is 7. The Hall–Kier alpha value is -2.91. The van der Waals surface area contributed by atoms with Gasteiger partial charge in [0.25, 0.3) is 11.6 Å². The number of nitro groups is 1. The molecule has 130 valence electrons. The average Bonchev–Trinajstić information content (AvgIpc) is 2.55. The fourth-order valence-corrected chi connectivity index (χ4v) is 2.15. The number of amides is 1. The van der Waals surface area contributed by atoms with Gasteiger partial charge in [-0.15, -0.1) is 0 Å². The first-order valence-corrected chi connectivity index (χ1v) is 7.35. The fourth-order valence-electron chi connectivity index (χ4n) is 1.72. The van der Waals surface area contributed by atoms with E-state index in [1.165, 1.54) is 18.3 Å². The summed E-state index contributed by atoms with van der Waals surface area (Å²) in [5, 5.41) is 13.5. The number of nitrogens with two attached hydrogens (primary N) is 1. The Balaban J connectivity index is 2.01. The largest absolute Gasteiger partial charge is 0.452 e. The van der Waals surface area contributed by atoms with Gasteiger partial charge in [-0.3, -0.25) is 14.9 Å². The highest BCUT2D eigenvalue weighted by Crippen LogP contribution is 2.23. The van der Waals surface area contributed by atoms with Crippen molar-refractivity contribution in [2.24, 2.45) is 0 Å². The Morgan fingerprint density at radius 3 is 2.68 bits per heavy atom. The Labute approximate surface area is 150 Å². The van der Waals surface area contributed by atoms with Gasteiger partial charge in [-0.2, -0.15) is 0 Å². The molecule has 0 bridgehead atoms. The number of nitrogens with zero attached hydrogens (tertiary/aromatic N) is 2. The molecule has 0 aliphatic carbocycles. The van der Waals surface area contributed by atoms with Gasteiger partial charge in [-0.1, -0.05) is 23.2 Å². The highest BCUT2D eigenvalue weighted by molar-refractivity contribution is 6.36. The summed E-state index contributed by atoms with van der Waals surface area (Å²) in [5.41, 5.74) is 5.03. The molecule has 3 N–H and O–H groups in total. The maximum absolute atomic E-state index is 11.9. The van der Waals surface area contributed by atoms with Crippen LogP contribution in [0.3, 0.4) is 0 Å². The Morgan fingerprint density at radius 2 is 2.04 bits per heavy atom. The fraction of sp³-hybridized carbons (Fsp3) is 0.0714. The van der Waals surface area contributed by atoms with Gasteiger partial charge in [-0.05, 0) is 12.1 Å². The van der Waals surface area contributed by atoms with Crippen LogP contribution in [0, 0.1) is 10.1 Å². The quantitative estimate of drug-likeness (QED) is 0.349. The van der Waals surface area contributed by atoms with E-state index >= 15 is 0 Å². The second kappa shape index (κ2) is 7.77. The smallest absolute Gasteiger partial charge is 0.341 e. The van der Waals surface area contributed by atoms with Crippen molar-refractivity contribution < 1.29 is 19.2 Å². The van der Waals surface area contributed by atoms with Crippen molar-refractivity contribution in [2.45, 2.75) is 0 Å². The summed E-state index contributed by atoms with van der Waals surface area (Å²) in [7, 11) is 0. The minimum absolute atomic E-state index is 0.0154. The van der Waals surface area contributed by atoms with Crippen LogP contribution in [0.2, 0.25) is 10.0 Å². The van der Waals surface area contributed by atoms with Crippen molar-refractivity contribution >= 4 is 52.3 Å². The average molecular weight is 385 g/mol. The second-order valence-corrected chi connectivity index (χ2v) is 5.48. The van der Waals surface area contributed by atoms with Crippen molar-refractivity contribution in [3.8, 4) is 0 Å². The number of halogens is 2. The van der Waals surface area contributed by atoms with Gasteiger partial charge in [0.2, 0.25) is 0 Å². The molecule has 0 unspecified atom stereocenters. The summed E-state index contributed by atoms with van der Waals surface area (Å²) in [4.78, 5) is 37.6. The van der Waals surface area contributed by atoms with E-state index in [2.05, 4.69) is 10.3 Å². The van der Waals surface area contributed by atoms with Gasteiger partial charge >= 0.3 is 5.97 Å². The van der Waals surface area contributed by atoms with Gasteiger partial charge in [-0.25, -0.2) is 9.78 Å². The molecule has 1 aromatic heterocycles. The molecule has 1 aromatic carbocycles. The summed E-state index contributed by atoms with van der Waals surface area (Å²) in [6.07, 6.45) is 1.28. The number of carbonyl (C=O) groups excluding carboxylic acids is 2. The van der Waals surface area contributed by atoms with Crippen molar-refractivity contribution in [1.82, 2.24) is 4.98 Å². The number of nitro benzene ring substituents is 1. The molecule has 9 nitrogen and oxygen atoms in total. The van der Waals surface area contributed by atoms with Crippen LogP contribution >= 0.6 is 23.2 Å². The van der Waals surface area contributed by atoms with Crippen LogP contribution in [0.1, 0.15) is 10.4 Å². The lowest BCUT2D eigenvalue weighted by Crippen LogP contribution is -2.22. The number of carbonyl (C=O) groups is 2. The zero-order valence-corrected chi connectivity index (χ0v) is 13.9. The van der Waals surface area contributed by atoms with Crippen molar-refractivity contribution in [3.63, 3.8) is 0 Å². The molecule has 0 radical (unpaired) electrons. The molecule has 2 rings (SSSR count). The van der Waals surface area contributed by atoms with Gasteiger partial charge in [0.15, 0.2) is 12.4 Å². The number of esters is 1. The van der Waals surface area contributed by atoms with Gasteiger partial charge in [0, 0.05) is 24.0 Å². The third-order valence-electron chi connectivity index (χ3n) is 2.87. The van der Waals surface area contributed by atoms with E-state index in [1.54, 1.807) is 0 Å². The molecule has 11 heteroatoms. The monoisotopic (exact) mass is 384 g/mol. The number of pyridine rings is 1. The van der Waals surface area contributed by atoms with E-state index in [0.29, 0.717) is 0 Å². The molecule has 1 heterocycles. The zero-order chi connectivity index (χ0) is 18.6. The third-order valence-corrected chi connectivity index (χ3v) is 3.36. The predicted octanol–water partition coefficient (Wildman–Crippen LogP) is 2.67. The number of non-ortho nitro benzene ring substituents is 1. The van der Waals surface area contributed by atoms with E-state index in [9.17, 15) is 19.7 Å². The molecule has 0 spiro atoms. The molecular weight excluding hydrogens is 375 g/mol. The van der Waals surface area contributed by atoms with Gasteiger partial charge < -0.3 is 15.8 Å². The summed E-state index contributed by atoms with van der Waals surface area (Å²) in [6, 6.07) is 4.69. The summed E-state index contributed by atoms with van der Waals surface area (Å²) >= 11 is 11.5. The highest BCUT2D eigenvalue weighted by atomic mass is 35.5. The first-order chi connectivity index (χ1) is 11.8. The molecule has 0 aliphatic heterocycles. The Kier molecular flexibility index (Phi) is 5.73. The number of nitrogen functional groups attached to an aromatic ring is 1. The summed E-state index contributed by atoms with van der Waals surface area (Å²) in [6.45, 7) is -0.665. The molecular formula is C14H10Cl2N4O5. The lowest BCUT2D eigenvalue weighted by molar-refractivity contribution is -0.384. The van der Waals surface area contributed by atoms with E-state index < -0.39 is 23.4 Å². The Bertz CT molecular complexity index is 859. The summed E-state index contributed by atoms with van der Waals surface area (Å²) < 4.78 is 4.79. The number of rotatable bonds is 5. The maximum Gasteiger partial charge on any atom is 0.341 e. The lowest BCUT2D eigenvalue weighted by Gasteiger charge is -2.08. The number of aromatic nitrogens is 1.